The average molecular weight is 481 g/mol. The van der Waals surface area contributed by atoms with E-state index < -0.39 is 36.8 Å². The molecule has 0 fully saturated rings. The standard InChI is InChI=1S/C11H7N.6CH3.2Sn/c1-2-6-10(7-3-1)11-8-4-5-9-12-11;;;;;;;;/h1-3,6-9H;6*1H3;;. The molecule has 20 heavy (non-hydrogen) atoms. The average Bonchev–Trinajstić information content (AvgIpc) is 2.37. The van der Waals surface area contributed by atoms with Gasteiger partial charge in [0.25, 0.3) is 0 Å². The summed E-state index contributed by atoms with van der Waals surface area (Å²) in [6.07, 6.45) is 2.20. The molecule has 3 heteroatoms. The van der Waals surface area contributed by atoms with Gasteiger partial charge in [-0.25, -0.2) is 0 Å². The summed E-state index contributed by atoms with van der Waals surface area (Å²) in [6, 6.07) is 13.0. The van der Waals surface area contributed by atoms with Crippen molar-refractivity contribution in [1.82, 2.24) is 4.98 Å². The van der Waals surface area contributed by atoms with E-state index in [9.17, 15) is 0 Å². The molecular weight excluding hydrogens is 456 g/mol. The zero-order valence-corrected chi connectivity index (χ0v) is 19.2. The maximum atomic E-state index is 4.78. The van der Waals surface area contributed by atoms with Crippen LogP contribution in [0.2, 0.25) is 29.6 Å². The molecule has 2 rings (SSSR count). The normalized spacial score (nSPS) is 12.5. The van der Waals surface area contributed by atoms with Crippen LogP contribution < -0.4 is 7.16 Å². The van der Waals surface area contributed by atoms with E-state index in [4.69, 9.17) is 4.98 Å². The van der Waals surface area contributed by atoms with E-state index in [1.807, 2.05) is 0 Å². The Morgan fingerprint density at radius 2 is 1.30 bits per heavy atom. The molecule has 2 aromatic rings. The minimum absolute atomic E-state index is 1.14. The number of aromatic nitrogens is 1. The molecule has 1 nitrogen and oxygen atoms in total. The van der Waals surface area contributed by atoms with Crippen LogP contribution in [0.15, 0.2) is 42.6 Å². The van der Waals surface area contributed by atoms with Crippen molar-refractivity contribution < 1.29 is 0 Å². The molecule has 0 aliphatic rings. The van der Waals surface area contributed by atoms with E-state index in [0.29, 0.717) is 0 Å². The molecule has 0 radical (unpaired) electrons. The van der Waals surface area contributed by atoms with Crippen LogP contribution in [0.25, 0.3) is 11.3 Å². The Morgan fingerprint density at radius 1 is 0.750 bits per heavy atom. The number of hydrogen-bond acceptors (Lipinski definition) is 1. The second kappa shape index (κ2) is 5.99. The van der Waals surface area contributed by atoms with Crippen LogP contribution in [0.3, 0.4) is 0 Å². The van der Waals surface area contributed by atoms with Gasteiger partial charge in [-0.3, -0.25) is 0 Å². The Kier molecular flexibility index (Phi) is 4.90. The van der Waals surface area contributed by atoms with E-state index in [-0.39, 0.29) is 0 Å². The van der Waals surface area contributed by atoms with Crippen LogP contribution >= 0.6 is 0 Å². The first-order valence-electron chi connectivity index (χ1n) is 7.26. The molecule has 106 valence electrons. The van der Waals surface area contributed by atoms with Gasteiger partial charge < -0.3 is 0 Å². The summed E-state index contributed by atoms with van der Waals surface area (Å²) >= 11 is -4.20. The Hall–Kier alpha value is -0.0326. The second-order valence-electron chi connectivity index (χ2n) is 7.48. The van der Waals surface area contributed by atoms with E-state index in [0.717, 1.165) is 5.69 Å². The summed E-state index contributed by atoms with van der Waals surface area (Å²) in [5.41, 5.74) is 2.38. The summed E-state index contributed by atoms with van der Waals surface area (Å²) < 4.78 is 3.33. The van der Waals surface area contributed by atoms with Crippen molar-refractivity contribution in [2.45, 2.75) is 29.6 Å². The van der Waals surface area contributed by atoms with Crippen molar-refractivity contribution in [3.63, 3.8) is 0 Å². The fourth-order valence-electron chi connectivity index (χ4n) is 2.44. The summed E-state index contributed by atoms with van der Waals surface area (Å²) in [5, 5.41) is 0. The van der Waals surface area contributed by atoms with Crippen molar-refractivity contribution in [1.29, 1.82) is 0 Å². The minimum atomic E-state index is -2.11. The van der Waals surface area contributed by atoms with Gasteiger partial charge in [0.2, 0.25) is 0 Å². The first-order chi connectivity index (χ1) is 9.19. The topological polar surface area (TPSA) is 12.9 Å². The third-order valence-electron chi connectivity index (χ3n) is 3.59. The molecule has 0 N–H and O–H groups in total. The van der Waals surface area contributed by atoms with Gasteiger partial charge in [-0.05, 0) is 0 Å². The fourth-order valence-corrected chi connectivity index (χ4v) is 24.7. The Balaban J connectivity index is 2.62. The van der Waals surface area contributed by atoms with Gasteiger partial charge in [0.15, 0.2) is 0 Å². The molecule has 0 bridgehead atoms. The molecule has 0 spiro atoms. The van der Waals surface area contributed by atoms with Gasteiger partial charge in [-0.15, -0.1) is 0 Å². The van der Waals surface area contributed by atoms with Crippen LogP contribution in [-0.2, 0) is 0 Å². The number of pyridine rings is 1. The van der Waals surface area contributed by atoms with Gasteiger partial charge >= 0.3 is 132 Å². The monoisotopic (exact) mass is 483 g/mol. The summed E-state index contributed by atoms with van der Waals surface area (Å²) in [5.74, 6) is 0. The number of nitrogens with zero attached hydrogens (tertiary/aromatic N) is 1. The summed E-state index contributed by atoms with van der Waals surface area (Å²) in [4.78, 5) is 19.8. The molecule has 0 unspecified atom stereocenters. The first-order valence-corrected chi connectivity index (χ1v) is 27.2. The predicted molar refractivity (Wildman–Crippen MR) is 95.6 cm³/mol. The Labute approximate surface area is 131 Å². The van der Waals surface area contributed by atoms with Crippen molar-refractivity contribution in [2.75, 3.05) is 0 Å². The molecule has 0 aliphatic carbocycles. The van der Waals surface area contributed by atoms with E-state index in [1.165, 1.54) is 5.56 Å². The molecule has 0 saturated carbocycles. The third-order valence-corrected chi connectivity index (χ3v) is 17.2. The zero-order chi connectivity index (χ0) is 15.0. The van der Waals surface area contributed by atoms with Gasteiger partial charge in [0.05, 0.1) is 0 Å². The van der Waals surface area contributed by atoms with Crippen molar-refractivity contribution in [3.05, 3.63) is 42.6 Å². The molecular formula is C17H25NSn2. The van der Waals surface area contributed by atoms with E-state index in [2.05, 4.69) is 72.2 Å². The Morgan fingerprint density at radius 3 is 1.80 bits per heavy atom. The van der Waals surface area contributed by atoms with Crippen LogP contribution in [0.4, 0.5) is 0 Å². The van der Waals surface area contributed by atoms with Gasteiger partial charge in [0.1, 0.15) is 0 Å². The molecule has 0 saturated heterocycles. The third kappa shape index (κ3) is 3.79. The van der Waals surface area contributed by atoms with Crippen LogP contribution in [0.1, 0.15) is 0 Å². The molecule has 1 aromatic carbocycles. The SMILES string of the molecule is [CH3][Sn]([CH3])([CH3])[c]1cnc(-c2ccccc2)c[c]1[Sn]([CH3])([CH3])[CH3]. The molecule has 1 heterocycles. The molecule has 0 atom stereocenters. The zero-order valence-electron chi connectivity index (χ0n) is 13.5. The van der Waals surface area contributed by atoms with Gasteiger partial charge in [-0.1, -0.05) is 0 Å². The number of hydrogen-bond donors (Lipinski definition) is 0. The summed E-state index contributed by atoms with van der Waals surface area (Å²) in [6.45, 7) is 0. The van der Waals surface area contributed by atoms with Crippen LogP contribution in [-0.4, -0.2) is 41.7 Å². The molecule has 0 amide bonds. The fraction of sp³-hybridized carbons (Fsp3) is 0.353. The van der Waals surface area contributed by atoms with Crippen LogP contribution in [0, 0.1) is 0 Å². The molecule has 0 aliphatic heterocycles. The quantitative estimate of drug-likeness (QED) is 0.609. The first kappa shape index (κ1) is 16.3. The Bertz CT molecular complexity index is 593. The van der Waals surface area contributed by atoms with Crippen molar-refractivity contribution >= 4 is 43.9 Å². The van der Waals surface area contributed by atoms with Gasteiger partial charge in [0, 0.05) is 0 Å². The maximum absolute atomic E-state index is 4.78. The molecule has 1 aromatic heterocycles. The van der Waals surface area contributed by atoms with Crippen LogP contribution in [0.5, 0.6) is 0 Å². The van der Waals surface area contributed by atoms with Crippen molar-refractivity contribution in [2.24, 2.45) is 0 Å². The van der Waals surface area contributed by atoms with E-state index in [1.54, 1.807) is 7.16 Å². The predicted octanol–water partition coefficient (Wildman–Crippen LogP) is 3.84. The number of rotatable bonds is 3. The van der Waals surface area contributed by atoms with Crippen molar-refractivity contribution in [3.8, 4) is 11.3 Å². The second-order valence-corrected chi connectivity index (χ2v) is 36.2. The number of benzene rings is 1. The van der Waals surface area contributed by atoms with Gasteiger partial charge in [-0.2, -0.15) is 0 Å². The van der Waals surface area contributed by atoms with E-state index >= 15 is 0 Å². The summed E-state index contributed by atoms with van der Waals surface area (Å²) in [7, 11) is 0.